The Morgan fingerprint density at radius 3 is 2.64 bits per heavy atom. The minimum absolute atomic E-state index is 0.272. The molecule has 1 aromatic carbocycles. The predicted molar refractivity (Wildman–Crippen MR) is 59.2 cm³/mol. The number of oxime groups is 1. The van der Waals surface area contributed by atoms with E-state index in [1.807, 2.05) is 19.1 Å². The highest BCUT2D eigenvalue weighted by atomic mass is 16.4. The number of anilines is 1. The molecule has 0 aliphatic rings. The Morgan fingerprint density at radius 2 is 2.07 bits per heavy atom. The molecule has 3 heteroatoms. The Labute approximate surface area is 84.4 Å². The zero-order valence-electron chi connectivity index (χ0n) is 8.57. The molecule has 1 unspecified atom stereocenters. The molecule has 0 saturated carbocycles. The van der Waals surface area contributed by atoms with E-state index in [-0.39, 0.29) is 6.04 Å². The Kier molecular flexibility index (Phi) is 3.98. The smallest absolute Gasteiger partial charge is 0.0456 e. The molecule has 0 aliphatic carbocycles. The van der Waals surface area contributed by atoms with Gasteiger partial charge in [-0.3, -0.25) is 0 Å². The fourth-order valence-electron chi connectivity index (χ4n) is 1.20. The molecule has 1 atom stereocenters. The molecule has 76 valence electrons. The molecule has 0 aromatic heterocycles. The van der Waals surface area contributed by atoms with Gasteiger partial charge in [-0.25, -0.2) is 0 Å². The van der Waals surface area contributed by atoms with E-state index >= 15 is 0 Å². The van der Waals surface area contributed by atoms with Crippen LogP contribution in [0.4, 0.5) is 5.69 Å². The number of hydrogen-bond donors (Lipinski definition) is 2. The molecule has 14 heavy (non-hydrogen) atoms. The third-order valence-electron chi connectivity index (χ3n) is 2.01. The van der Waals surface area contributed by atoms with Crippen LogP contribution in [-0.4, -0.2) is 17.5 Å². The van der Waals surface area contributed by atoms with E-state index in [0.717, 1.165) is 5.69 Å². The van der Waals surface area contributed by atoms with Crippen molar-refractivity contribution >= 4 is 11.9 Å². The molecule has 0 radical (unpaired) electrons. The first-order chi connectivity index (χ1) is 6.72. The van der Waals surface area contributed by atoms with Crippen LogP contribution in [0.1, 0.15) is 18.9 Å². The number of aryl methyl sites for hydroxylation is 1. The van der Waals surface area contributed by atoms with Crippen LogP contribution in [0.5, 0.6) is 0 Å². The van der Waals surface area contributed by atoms with Crippen LogP contribution in [0.2, 0.25) is 0 Å². The van der Waals surface area contributed by atoms with Crippen molar-refractivity contribution in [2.45, 2.75) is 26.3 Å². The number of rotatable bonds is 4. The maximum absolute atomic E-state index is 8.26. The average molecular weight is 192 g/mol. The van der Waals surface area contributed by atoms with E-state index in [4.69, 9.17) is 5.21 Å². The summed E-state index contributed by atoms with van der Waals surface area (Å²) in [6, 6.07) is 8.49. The lowest BCUT2D eigenvalue weighted by Crippen LogP contribution is -2.15. The van der Waals surface area contributed by atoms with Crippen molar-refractivity contribution in [3.8, 4) is 0 Å². The van der Waals surface area contributed by atoms with Crippen molar-refractivity contribution in [2.75, 3.05) is 5.32 Å². The van der Waals surface area contributed by atoms with Crippen molar-refractivity contribution in [1.29, 1.82) is 0 Å². The maximum Gasteiger partial charge on any atom is 0.0456 e. The lowest BCUT2D eigenvalue weighted by atomic mass is 10.2. The molecule has 0 fully saturated rings. The summed E-state index contributed by atoms with van der Waals surface area (Å²) in [5.74, 6) is 0. The van der Waals surface area contributed by atoms with Crippen LogP contribution in [0, 0.1) is 6.92 Å². The summed E-state index contributed by atoms with van der Waals surface area (Å²) in [7, 11) is 0. The van der Waals surface area contributed by atoms with E-state index in [0.29, 0.717) is 6.42 Å². The van der Waals surface area contributed by atoms with Gasteiger partial charge in [0, 0.05) is 24.4 Å². The summed E-state index contributed by atoms with van der Waals surface area (Å²) in [5.41, 5.74) is 2.34. The second-order valence-corrected chi connectivity index (χ2v) is 3.45. The SMILES string of the molecule is Cc1ccc(NC(C)C/C=N/O)cc1. The largest absolute Gasteiger partial charge is 0.411 e. The number of hydrogen-bond acceptors (Lipinski definition) is 3. The zero-order valence-corrected chi connectivity index (χ0v) is 8.57. The van der Waals surface area contributed by atoms with Gasteiger partial charge in [-0.2, -0.15) is 0 Å². The van der Waals surface area contributed by atoms with Crippen molar-refractivity contribution in [1.82, 2.24) is 0 Å². The molecule has 0 heterocycles. The first kappa shape index (κ1) is 10.6. The normalized spacial score (nSPS) is 13.0. The van der Waals surface area contributed by atoms with E-state index in [2.05, 4.69) is 29.5 Å². The molecule has 3 nitrogen and oxygen atoms in total. The van der Waals surface area contributed by atoms with Crippen LogP contribution < -0.4 is 5.32 Å². The van der Waals surface area contributed by atoms with Gasteiger partial charge in [0.05, 0.1) is 0 Å². The van der Waals surface area contributed by atoms with Crippen molar-refractivity contribution in [3.05, 3.63) is 29.8 Å². The highest BCUT2D eigenvalue weighted by Crippen LogP contribution is 2.10. The summed E-state index contributed by atoms with van der Waals surface area (Å²) >= 11 is 0. The van der Waals surface area contributed by atoms with Gasteiger partial charge in [0.2, 0.25) is 0 Å². The lowest BCUT2D eigenvalue weighted by Gasteiger charge is -2.12. The fourth-order valence-corrected chi connectivity index (χ4v) is 1.20. The van der Waals surface area contributed by atoms with Crippen LogP contribution >= 0.6 is 0 Å². The minimum atomic E-state index is 0.272. The monoisotopic (exact) mass is 192 g/mol. The highest BCUT2D eigenvalue weighted by molar-refractivity contribution is 5.58. The number of benzene rings is 1. The highest BCUT2D eigenvalue weighted by Gasteiger charge is 1.99. The second-order valence-electron chi connectivity index (χ2n) is 3.45. The van der Waals surface area contributed by atoms with Gasteiger partial charge in [-0.15, -0.1) is 5.16 Å². The lowest BCUT2D eigenvalue weighted by molar-refractivity contribution is 0.320. The summed E-state index contributed by atoms with van der Waals surface area (Å²) in [5, 5.41) is 14.5. The van der Waals surface area contributed by atoms with Crippen LogP contribution in [0.15, 0.2) is 29.4 Å². The molecule has 0 saturated heterocycles. The standard InChI is InChI=1S/C11H16N2O/c1-9-3-5-11(6-4-9)13-10(2)7-8-12-14/h3-6,8,10,13-14H,7H2,1-2H3/b12-8+. The van der Waals surface area contributed by atoms with Gasteiger partial charge in [0.1, 0.15) is 0 Å². The Hall–Kier alpha value is -1.51. The second kappa shape index (κ2) is 5.27. The van der Waals surface area contributed by atoms with Gasteiger partial charge < -0.3 is 10.5 Å². The molecule has 1 rings (SSSR count). The molecule has 0 bridgehead atoms. The Balaban J connectivity index is 2.47. The molecule has 0 aliphatic heterocycles. The molecule has 0 amide bonds. The first-order valence-electron chi connectivity index (χ1n) is 4.71. The third kappa shape index (κ3) is 3.47. The summed E-state index contributed by atoms with van der Waals surface area (Å²) < 4.78 is 0. The Bertz CT molecular complexity index is 293. The van der Waals surface area contributed by atoms with E-state index < -0.39 is 0 Å². The van der Waals surface area contributed by atoms with E-state index in [1.54, 1.807) is 0 Å². The van der Waals surface area contributed by atoms with Gasteiger partial charge in [0.15, 0.2) is 0 Å². The average Bonchev–Trinajstić information content (AvgIpc) is 2.18. The van der Waals surface area contributed by atoms with Crippen LogP contribution in [0.3, 0.4) is 0 Å². The molecular weight excluding hydrogens is 176 g/mol. The summed E-state index contributed by atoms with van der Waals surface area (Å²) in [4.78, 5) is 0. The van der Waals surface area contributed by atoms with Gasteiger partial charge in [-0.05, 0) is 26.0 Å². The maximum atomic E-state index is 8.26. The van der Waals surface area contributed by atoms with Crippen LogP contribution in [-0.2, 0) is 0 Å². The van der Waals surface area contributed by atoms with E-state index in [9.17, 15) is 0 Å². The van der Waals surface area contributed by atoms with Crippen molar-refractivity contribution < 1.29 is 5.21 Å². The quantitative estimate of drug-likeness (QED) is 0.437. The summed E-state index contributed by atoms with van der Waals surface area (Å²) in [6.07, 6.45) is 2.20. The van der Waals surface area contributed by atoms with Gasteiger partial charge >= 0.3 is 0 Å². The number of nitrogens with one attached hydrogen (secondary N) is 1. The predicted octanol–water partition coefficient (Wildman–Crippen LogP) is 2.65. The molecular formula is C11H16N2O. The fraction of sp³-hybridized carbons (Fsp3) is 0.364. The topological polar surface area (TPSA) is 44.6 Å². The van der Waals surface area contributed by atoms with Crippen LogP contribution in [0.25, 0.3) is 0 Å². The third-order valence-corrected chi connectivity index (χ3v) is 2.01. The Morgan fingerprint density at radius 1 is 1.43 bits per heavy atom. The van der Waals surface area contributed by atoms with E-state index in [1.165, 1.54) is 11.8 Å². The number of nitrogens with zero attached hydrogens (tertiary/aromatic N) is 1. The molecule has 0 spiro atoms. The van der Waals surface area contributed by atoms with Crippen molar-refractivity contribution in [2.24, 2.45) is 5.16 Å². The van der Waals surface area contributed by atoms with Gasteiger partial charge in [0.25, 0.3) is 0 Å². The molecule has 2 N–H and O–H groups in total. The minimum Gasteiger partial charge on any atom is -0.411 e. The first-order valence-corrected chi connectivity index (χ1v) is 4.71. The summed E-state index contributed by atoms with van der Waals surface area (Å²) in [6.45, 7) is 4.10. The van der Waals surface area contributed by atoms with Gasteiger partial charge in [-0.1, -0.05) is 17.7 Å². The zero-order chi connectivity index (χ0) is 10.4. The van der Waals surface area contributed by atoms with Crippen molar-refractivity contribution in [3.63, 3.8) is 0 Å². The molecule has 1 aromatic rings.